The number of carbonyl (C=O) groups is 1. The molecule has 1 aromatic carbocycles. The highest BCUT2D eigenvalue weighted by Crippen LogP contribution is 2.32. The maximum Gasteiger partial charge on any atom is 0.355 e. The minimum absolute atomic E-state index is 0.0170. The molecule has 0 bridgehead atoms. The van der Waals surface area contributed by atoms with Crippen LogP contribution in [0, 0.1) is 12.7 Å². The van der Waals surface area contributed by atoms with Gasteiger partial charge >= 0.3 is 18.2 Å². The Labute approximate surface area is 203 Å². The molecule has 1 unspecified atom stereocenters. The van der Waals surface area contributed by atoms with Crippen LogP contribution in [-0.4, -0.2) is 37.0 Å². The molecule has 0 spiro atoms. The van der Waals surface area contributed by atoms with Gasteiger partial charge in [0.05, 0.1) is 11.2 Å². The predicted molar refractivity (Wildman–Crippen MR) is 119 cm³/mol. The summed E-state index contributed by atoms with van der Waals surface area (Å²) < 4.78 is 57.7. The fraction of sp³-hybridized carbons (Fsp3) is 0.364. The third kappa shape index (κ3) is 6.13. The zero-order chi connectivity index (χ0) is 26.1. The van der Waals surface area contributed by atoms with E-state index in [4.69, 9.17) is 25.8 Å². The van der Waals surface area contributed by atoms with Crippen LogP contribution in [0.5, 0.6) is 17.4 Å². The van der Waals surface area contributed by atoms with Crippen molar-refractivity contribution in [3.8, 4) is 23.1 Å². The maximum absolute atomic E-state index is 14.5. The van der Waals surface area contributed by atoms with Crippen LogP contribution in [0.1, 0.15) is 40.1 Å². The van der Waals surface area contributed by atoms with Gasteiger partial charge < -0.3 is 14.2 Å². The van der Waals surface area contributed by atoms with Crippen molar-refractivity contribution in [1.82, 2.24) is 19.3 Å². The van der Waals surface area contributed by atoms with Crippen molar-refractivity contribution in [3.05, 3.63) is 57.6 Å². The third-order valence-corrected chi connectivity index (χ3v) is 4.68. The van der Waals surface area contributed by atoms with Gasteiger partial charge in [0.1, 0.15) is 28.6 Å². The Hall–Kier alpha value is -3.54. The maximum atomic E-state index is 14.5. The van der Waals surface area contributed by atoms with Gasteiger partial charge in [-0.3, -0.25) is 0 Å². The van der Waals surface area contributed by atoms with Crippen molar-refractivity contribution in [1.29, 1.82) is 0 Å². The predicted octanol–water partition coefficient (Wildman–Crippen LogP) is 4.83. The number of esters is 1. The Morgan fingerprint density at radius 1 is 1.20 bits per heavy atom. The highest BCUT2D eigenvalue weighted by Gasteiger charge is 2.24. The second-order valence-electron chi connectivity index (χ2n) is 8.35. The molecule has 0 radical (unpaired) electrons. The van der Waals surface area contributed by atoms with Crippen molar-refractivity contribution in [2.24, 2.45) is 0 Å². The first-order valence-corrected chi connectivity index (χ1v) is 10.6. The largest absolute Gasteiger partial charge is 0.477 e. The number of benzene rings is 1. The van der Waals surface area contributed by atoms with Crippen LogP contribution in [0.2, 0.25) is 5.02 Å². The normalized spacial score (nSPS) is 12.5. The summed E-state index contributed by atoms with van der Waals surface area (Å²) in [4.78, 5) is 28.4. The lowest BCUT2D eigenvalue weighted by Gasteiger charge is -2.22. The highest BCUT2D eigenvalue weighted by molar-refractivity contribution is 6.32. The number of rotatable bonds is 7. The molecule has 13 heteroatoms. The zero-order valence-electron chi connectivity index (χ0n) is 19.4. The minimum atomic E-state index is -3.15. The van der Waals surface area contributed by atoms with Crippen LogP contribution >= 0.6 is 11.6 Å². The van der Waals surface area contributed by atoms with Gasteiger partial charge in [0.25, 0.3) is 0 Å². The molecule has 3 aromatic rings. The fourth-order valence-corrected chi connectivity index (χ4v) is 3.05. The molecular weight excluding hydrogens is 493 g/mol. The molecular formula is C22H22ClF3N4O5. The number of ether oxygens (including phenoxy) is 3. The molecule has 0 saturated heterocycles. The van der Waals surface area contributed by atoms with E-state index in [-0.39, 0.29) is 32.8 Å². The number of aromatic nitrogens is 4. The first-order chi connectivity index (χ1) is 16.3. The zero-order valence-corrected chi connectivity index (χ0v) is 20.1. The van der Waals surface area contributed by atoms with Crippen LogP contribution < -0.4 is 15.2 Å². The van der Waals surface area contributed by atoms with E-state index < -0.39 is 41.4 Å². The lowest BCUT2D eigenvalue weighted by Crippen LogP contribution is -2.33. The van der Waals surface area contributed by atoms with E-state index in [1.807, 2.05) is 0 Å². The summed E-state index contributed by atoms with van der Waals surface area (Å²) >= 11 is 6.05. The Balaban J connectivity index is 1.81. The molecule has 9 nitrogen and oxygen atoms in total. The second kappa shape index (κ2) is 9.98. The molecule has 3 rings (SSSR count). The van der Waals surface area contributed by atoms with E-state index in [2.05, 4.69) is 10.1 Å². The summed E-state index contributed by atoms with van der Waals surface area (Å²) in [5.74, 6) is -1.67. The molecule has 0 amide bonds. The lowest BCUT2D eigenvalue weighted by atomic mass is 10.2. The van der Waals surface area contributed by atoms with Gasteiger partial charge in [0.2, 0.25) is 5.88 Å². The van der Waals surface area contributed by atoms with Gasteiger partial charge in [-0.2, -0.15) is 13.5 Å². The summed E-state index contributed by atoms with van der Waals surface area (Å²) in [5, 5.41) is 3.53. The van der Waals surface area contributed by atoms with Crippen LogP contribution in [-0.2, 0) is 9.53 Å². The SMILES string of the molecule is Cc1nn(-c2cc(Oc3ccc(OC(C)C(=O)OC(C)(C)C)cn3)c(Cl)cc2F)c(=O)n1C(F)F. The molecule has 0 saturated carbocycles. The molecule has 35 heavy (non-hydrogen) atoms. The second-order valence-corrected chi connectivity index (χ2v) is 8.76. The smallest absolute Gasteiger partial charge is 0.355 e. The van der Waals surface area contributed by atoms with E-state index >= 15 is 0 Å². The quantitative estimate of drug-likeness (QED) is 0.417. The van der Waals surface area contributed by atoms with Gasteiger partial charge in [-0.25, -0.2) is 23.5 Å². The van der Waals surface area contributed by atoms with E-state index in [0.29, 0.717) is 4.68 Å². The Morgan fingerprint density at radius 3 is 2.43 bits per heavy atom. The molecule has 2 aromatic heterocycles. The average Bonchev–Trinajstić information content (AvgIpc) is 3.04. The first kappa shape index (κ1) is 26.1. The molecule has 0 N–H and O–H groups in total. The van der Waals surface area contributed by atoms with Gasteiger partial charge in [0, 0.05) is 12.1 Å². The molecule has 0 aliphatic carbocycles. The van der Waals surface area contributed by atoms with E-state index in [1.54, 1.807) is 20.8 Å². The van der Waals surface area contributed by atoms with Crippen molar-refractivity contribution in [3.63, 3.8) is 0 Å². The van der Waals surface area contributed by atoms with Crippen LogP contribution in [0.4, 0.5) is 13.2 Å². The van der Waals surface area contributed by atoms with Crippen molar-refractivity contribution >= 4 is 17.6 Å². The lowest BCUT2D eigenvalue weighted by molar-refractivity contribution is -0.162. The molecule has 188 valence electrons. The van der Waals surface area contributed by atoms with Gasteiger partial charge in [0.15, 0.2) is 11.9 Å². The number of alkyl halides is 2. The van der Waals surface area contributed by atoms with E-state index in [0.717, 1.165) is 12.1 Å². The number of aryl methyl sites for hydroxylation is 1. The van der Waals surface area contributed by atoms with Crippen LogP contribution in [0.15, 0.2) is 35.3 Å². The Bertz CT molecular complexity index is 1290. The number of hydrogen-bond donors (Lipinski definition) is 0. The van der Waals surface area contributed by atoms with Crippen LogP contribution in [0.3, 0.4) is 0 Å². The number of halogens is 4. The molecule has 0 fully saturated rings. The topological polar surface area (TPSA) is 97.5 Å². The minimum Gasteiger partial charge on any atom is -0.477 e. The number of hydrogen-bond acceptors (Lipinski definition) is 7. The Morgan fingerprint density at radius 2 is 1.89 bits per heavy atom. The summed E-state index contributed by atoms with van der Waals surface area (Å²) in [5.41, 5.74) is -2.34. The molecule has 0 aliphatic rings. The van der Waals surface area contributed by atoms with Gasteiger partial charge in [-0.15, -0.1) is 5.10 Å². The highest BCUT2D eigenvalue weighted by atomic mass is 35.5. The molecule has 2 heterocycles. The monoisotopic (exact) mass is 514 g/mol. The van der Waals surface area contributed by atoms with Crippen LogP contribution in [0.25, 0.3) is 5.69 Å². The van der Waals surface area contributed by atoms with Crippen molar-refractivity contribution in [2.45, 2.75) is 52.9 Å². The van der Waals surface area contributed by atoms with Gasteiger partial charge in [-0.1, -0.05) is 11.6 Å². The standard InChI is InChI=1S/C22H22ClF3N4O5/c1-11(19(31)35-22(3,4)5)33-13-6-7-18(27-10-13)34-17-9-16(15(24)8-14(17)23)30-21(32)29(20(25)26)12(2)28-30/h6-11,20H,1-5H3. The van der Waals surface area contributed by atoms with Gasteiger partial charge in [-0.05, 0) is 46.8 Å². The molecule has 1 atom stereocenters. The molecule has 0 aliphatic heterocycles. The number of carbonyl (C=O) groups excluding carboxylic acids is 1. The summed E-state index contributed by atoms with van der Waals surface area (Å²) in [6.45, 7) is 4.77. The van der Waals surface area contributed by atoms with Crippen molar-refractivity contribution < 1.29 is 32.2 Å². The van der Waals surface area contributed by atoms with E-state index in [9.17, 15) is 22.8 Å². The summed E-state index contributed by atoms with van der Waals surface area (Å²) in [7, 11) is 0. The third-order valence-electron chi connectivity index (χ3n) is 4.38. The number of nitrogens with zero attached hydrogens (tertiary/aromatic N) is 4. The summed E-state index contributed by atoms with van der Waals surface area (Å²) in [6, 6.07) is 4.77. The Kier molecular flexibility index (Phi) is 7.44. The van der Waals surface area contributed by atoms with Crippen molar-refractivity contribution in [2.75, 3.05) is 0 Å². The number of pyridine rings is 1. The van der Waals surface area contributed by atoms with E-state index in [1.165, 1.54) is 32.2 Å². The summed E-state index contributed by atoms with van der Waals surface area (Å²) in [6.07, 6.45) is 0.388. The average molecular weight is 515 g/mol. The fourth-order valence-electron chi connectivity index (χ4n) is 2.86. The first-order valence-electron chi connectivity index (χ1n) is 10.3.